The quantitative estimate of drug-likeness (QED) is 0.640. The second kappa shape index (κ2) is 8.38. The van der Waals surface area contributed by atoms with E-state index >= 15 is 0 Å². The molecule has 0 aliphatic carbocycles. The lowest BCUT2D eigenvalue weighted by molar-refractivity contribution is -0.125. The number of thiazole rings is 1. The van der Waals surface area contributed by atoms with E-state index in [2.05, 4.69) is 15.6 Å². The summed E-state index contributed by atoms with van der Waals surface area (Å²) in [6.07, 6.45) is 0.0416. The van der Waals surface area contributed by atoms with E-state index < -0.39 is 5.91 Å². The molecule has 136 valence electrons. The van der Waals surface area contributed by atoms with E-state index in [1.807, 2.05) is 6.07 Å². The standard InChI is InChI=1S/C19H15FN4O2S/c20-14-4-2-1-3-13(14)12-5-6-15-16(9-12)27-19(24-15)10-17(25)23-11-18(26)22-8-7-21/h1-6,9H,8,10-11H2,(H,22,26)(H,23,25). The average Bonchev–Trinajstić information content (AvgIpc) is 3.06. The zero-order valence-electron chi connectivity index (χ0n) is 14.2. The predicted molar refractivity (Wildman–Crippen MR) is 100 cm³/mol. The monoisotopic (exact) mass is 382 g/mol. The van der Waals surface area contributed by atoms with Crippen molar-refractivity contribution in [2.24, 2.45) is 0 Å². The van der Waals surface area contributed by atoms with Crippen LogP contribution in [0.2, 0.25) is 0 Å². The van der Waals surface area contributed by atoms with Crippen molar-refractivity contribution in [3.05, 3.63) is 53.3 Å². The van der Waals surface area contributed by atoms with Crippen LogP contribution in [-0.4, -0.2) is 29.9 Å². The number of nitriles is 1. The van der Waals surface area contributed by atoms with Crippen LogP contribution in [0.1, 0.15) is 5.01 Å². The third-order valence-electron chi connectivity index (χ3n) is 3.74. The van der Waals surface area contributed by atoms with Crippen molar-refractivity contribution in [2.45, 2.75) is 6.42 Å². The molecule has 6 nitrogen and oxygen atoms in total. The van der Waals surface area contributed by atoms with Crippen molar-refractivity contribution in [3.8, 4) is 17.2 Å². The smallest absolute Gasteiger partial charge is 0.240 e. The number of aromatic nitrogens is 1. The number of nitrogens with one attached hydrogen (secondary N) is 2. The van der Waals surface area contributed by atoms with Gasteiger partial charge in [0.05, 0.1) is 29.3 Å². The van der Waals surface area contributed by atoms with Crippen LogP contribution in [0.15, 0.2) is 42.5 Å². The van der Waals surface area contributed by atoms with Crippen LogP contribution in [-0.2, 0) is 16.0 Å². The van der Waals surface area contributed by atoms with Crippen molar-refractivity contribution < 1.29 is 14.0 Å². The van der Waals surface area contributed by atoms with Gasteiger partial charge in [0, 0.05) is 5.56 Å². The Morgan fingerprint density at radius 1 is 1.15 bits per heavy atom. The van der Waals surface area contributed by atoms with Gasteiger partial charge in [0.15, 0.2) is 0 Å². The zero-order chi connectivity index (χ0) is 19.2. The number of rotatable bonds is 6. The Kier molecular flexibility index (Phi) is 5.74. The molecular weight excluding hydrogens is 367 g/mol. The summed E-state index contributed by atoms with van der Waals surface area (Å²) in [5.74, 6) is -1.06. The number of carbonyl (C=O) groups is 2. The van der Waals surface area contributed by atoms with Crippen molar-refractivity contribution in [1.82, 2.24) is 15.6 Å². The first kappa shape index (κ1) is 18.5. The Labute approximate surface area is 158 Å². The van der Waals surface area contributed by atoms with Gasteiger partial charge in [-0.2, -0.15) is 5.26 Å². The molecule has 1 heterocycles. The molecule has 2 aromatic carbocycles. The minimum atomic E-state index is -0.427. The predicted octanol–water partition coefficient (Wildman–Crippen LogP) is 2.40. The number of hydrogen-bond acceptors (Lipinski definition) is 5. The molecule has 8 heteroatoms. The number of halogens is 1. The molecule has 0 fully saturated rings. The zero-order valence-corrected chi connectivity index (χ0v) is 15.0. The molecule has 0 saturated heterocycles. The third kappa shape index (κ3) is 4.65. The SMILES string of the molecule is N#CCNC(=O)CNC(=O)Cc1nc2ccc(-c3ccccc3F)cc2s1. The highest BCUT2D eigenvalue weighted by atomic mass is 32.1. The van der Waals surface area contributed by atoms with Crippen LogP contribution in [0.4, 0.5) is 4.39 Å². The summed E-state index contributed by atoms with van der Waals surface area (Å²) in [6, 6.07) is 13.8. The van der Waals surface area contributed by atoms with Gasteiger partial charge < -0.3 is 10.6 Å². The van der Waals surface area contributed by atoms with Crippen molar-refractivity contribution in [2.75, 3.05) is 13.1 Å². The Morgan fingerprint density at radius 3 is 2.74 bits per heavy atom. The summed E-state index contributed by atoms with van der Waals surface area (Å²) in [7, 11) is 0. The number of hydrogen-bond donors (Lipinski definition) is 2. The summed E-state index contributed by atoms with van der Waals surface area (Å²) in [5, 5.41) is 13.8. The third-order valence-corrected chi connectivity index (χ3v) is 4.76. The van der Waals surface area contributed by atoms with Crippen LogP contribution in [0.5, 0.6) is 0 Å². The Hall–Kier alpha value is -3.31. The van der Waals surface area contributed by atoms with Crippen molar-refractivity contribution in [1.29, 1.82) is 5.26 Å². The van der Waals surface area contributed by atoms with Crippen molar-refractivity contribution >= 4 is 33.4 Å². The minimum Gasteiger partial charge on any atom is -0.347 e. The second-order valence-corrected chi connectivity index (χ2v) is 6.77. The van der Waals surface area contributed by atoms with Gasteiger partial charge in [0.1, 0.15) is 17.4 Å². The molecule has 0 radical (unpaired) electrons. The molecular formula is C19H15FN4O2S. The summed E-state index contributed by atoms with van der Waals surface area (Å²) < 4.78 is 14.8. The Bertz CT molecular complexity index is 1040. The van der Waals surface area contributed by atoms with Gasteiger partial charge in [0.25, 0.3) is 0 Å². The lowest BCUT2D eigenvalue weighted by Crippen LogP contribution is -2.37. The number of benzene rings is 2. The van der Waals surface area contributed by atoms with Crippen LogP contribution in [0, 0.1) is 17.1 Å². The molecule has 2 N–H and O–H groups in total. The molecule has 0 spiro atoms. The second-order valence-electron chi connectivity index (χ2n) is 5.66. The van der Waals surface area contributed by atoms with Gasteiger partial charge in [-0.25, -0.2) is 9.37 Å². The largest absolute Gasteiger partial charge is 0.347 e. The molecule has 1 aromatic heterocycles. The summed E-state index contributed by atoms with van der Waals surface area (Å²) in [6.45, 7) is -0.292. The number of amides is 2. The van der Waals surface area contributed by atoms with E-state index in [1.165, 1.54) is 17.4 Å². The van der Waals surface area contributed by atoms with Gasteiger partial charge in [-0.3, -0.25) is 9.59 Å². The van der Waals surface area contributed by atoms with Gasteiger partial charge in [-0.1, -0.05) is 24.3 Å². The fraction of sp³-hybridized carbons (Fsp3) is 0.158. The molecule has 0 saturated carbocycles. The molecule has 0 atom stereocenters. The summed E-state index contributed by atoms with van der Waals surface area (Å²) in [4.78, 5) is 27.7. The van der Waals surface area contributed by atoms with Crippen LogP contribution in [0.3, 0.4) is 0 Å². The van der Waals surface area contributed by atoms with E-state index in [0.717, 1.165) is 15.8 Å². The molecule has 3 aromatic rings. The first-order valence-corrected chi connectivity index (χ1v) is 8.93. The van der Waals surface area contributed by atoms with Gasteiger partial charge >= 0.3 is 0 Å². The molecule has 0 aliphatic rings. The Balaban J connectivity index is 1.68. The highest BCUT2D eigenvalue weighted by Crippen LogP contribution is 2.29. The van der Waals surface area contributed by atoms with E-state index in [1.54, 1.807) is 36.4 Å². The number of nitrogens with zero attached hydrogens (tertiary/aromatic N) is 2. The minimum absolute atomic E-state index is 0.0416. The van der Waals surface area contributed by atoms with Gasteiger partial charge in [-0.15, -0.1) is 11.3 Å². The van der Waals surface area contributed by atoms with Crippen LogP contribution >= 0.6 is 11.3 Å². The van der Waals surface area contributed by atoms with Gasteiger partial charge in [-0.05, 0) is 23.8 Å². The summed E-state index contributed by atoms with van der Waals surface area (Å²) >= 11 is 1.35. The van der Waals surface area contributed by atoms with Crippen LogP contribution < -0.4 is 10.6 Å². The molecule has 27 heavy (non-hydrogen) atoms. The first-order valence-electron chi connectivity index (χ1n) is 8.11. The first-order chi connectivity index (χ1) is 13.1. The fourth-order valence-electron chi connectivity index (χ4n) is 2.49. The van der Waals surface area contributed by atoms with E-state index in [9.17, 15) is 14.0 Å². The fourth-order valence-corrected chi connectivity index (χ4v) is 3.50. The number of fused-ring (bicyclic) bond motifs is 1. The van der Waals surface area contributed by atoms with Crippen LogP contribution in [0.25, 0.3) is 21.3 Å². The van der Waals surface area contributed by atoms with E-state index in [0.29, 0.717) is 10.6 Å². The highest BCUT2D eigenvalue weighted by Gasteiger charge is 2.12. The van der Waals surface area contributed by atoms with Gasteiger partial charge in [0.2, 0.25) is 11.8 Å². The van der Waals surface area contributed by atoms with E-state index in [4.69, 9.17) is 5.26 Å². The van der Waals surface area contributed by atoms with Crippen molar-refractivity contribution in [3.63, 3.8) is 0 Å². The lowest BCUT2D eigenvalue weighted by Gasteiger charge is -2.03. The summed E-state index contributed by atoms with van der Waals surface area (Å²) in [5.41, 5.74) is 1.99. The molecule has 0 bridgehead atoms. The molecule has 0 unspecified atom stereocenters. The highest BCUT2D eigenvalue weighted by molar-refractivity contribution is 7.18. The average molecular weight is 382 g/mol. The number of carbonyl (C=O) groups excluding carboxylic acids is 2. The lowest BCUT2D eigenvalue weighted by atomic mass is 10.1. The normalized spacial score (nSPS) is 10.4. The topological polar surface area (TPSA) is 94.9 Å². The maximum atomic E-state index is 14.0. The molecule has 3 rings (SSSR count). The maximum absolute atomic E-state index is 14.0. The molecule has 0 aliphatic heterocycles. The Morgan fingerprint density at radius 2 is 1.96 bits per heavy atom. The maximum Gasteiger partial charge on any atom is 0.240 e. The molecule has 2 amide bonds. The van der Waals surface area contributed by atoms with E-state index in [-0.39, 0.29) is 31.2 Å².